The third kappa shape index (κ3) is 1.98. The van der Waals surface area contributed by atoms with Crippen LogP contribution in [0.4, 0.5) is 4.39 Å². The van der Waals surface area contributed by atoms with Crippen molar-refractivity contribution in [3.63, 3.8) is 0 Å². The van der Waals surface area contributed by atoms with Crippen LogP contribution in [0.3, 0.4) is 0 Å². The molecule has 0 unspecified atom stereocenters. The summed E-state index contributed by atoms with van der Waals surface area (Å²) < 4.78 is 14.9. The van der Waals surface area contributed by atoms with Crippen LogP contribution < -0.4 is 16.6 Å². The van der Waals surface area contributed by atoms with Crippen molar-refractivity contribution in [2.45, 2.75) is 18.9 Å². The standard InChI is InChI=1S/C13H14FN3O2/c14-9-2-1-3-10-11(9)12(18)17(13(19)16-10)8-4-6-15-7-5-8/h1-3,8,15H,4-7H2,(H,16,19). The number of halogens is 1. The van der Waals surface area contributed by atoms with Gasteiger partial charge in [-0.25, -0.2) is 9.18 Å². The lowest BCUT2D eigenvalue weighted by Gasteiger charge is -2.24. The normalized spacial score (nSPS) is 16.9. The topological polar surface area (TPSA) is 66.9 Å². The van der Waals surface area contributed by atoms with Crippen molar-refractivity contribution in [3.8, 4) is 0 Å². The molecule has 0 atom stereocenters. The molecule has 1 aliphatic heterocycles. The number of fused-ring (bicyclic) bond motifs is 1. The van der Waals surface area contributed by atoms with Crippen molar-refractivity contribution in [3.05, 3.63) is 44.9 Å². The second-order valence-electron chi connectivity index (χ2n) is 4.75. The van der Waals surface area contributed by atoms with E-state index in [0.29, 0.717) is 12.8 Å². The van der Waals surface area contributed by atoms with Crippen molar-refractivity contribution in [1.29, 1.82) is 0 Å². The van der Waals surface area contributed by atoms with Crippen LogP contribution in [-0.2, 0) is 0 Å². The molecule has 0 spiro atoms. The summed E-state index contributed by atoms with van der Waals surface area (Å²) in [6.07, 6.45) is 1.39. The van der Waals surface area contributed by atoms with E-state index in [1.54, 1.807) is 0 Å². The highest BCUT2D eigenvalue weighted by Gasteiger charge is 2.20. The number of rotatable bonds is 1. The largest absolute Gasteiger partial charge is 0.329 e. The maximum Gasteiger partial charge on any atom is 0.329 e. The van der Waals surface area contributed by atoms with Crippen molar-refractivity contribution < 1.29 is 4.39 Å². The summed E-state index contributed by atoms with van der Waals surface area (Å²) in [7, 11) is 0. The van der Waals surface area contributed by atoms with E-state index >= 15 is 0 Å². The molecule has 0 amide bonds. The Hall–Kier alpha value is -1.95. The minimum atomic E-state index is -0.596. The molecule has 0 bridgehead atoms. The summed E-state index contributed by atoms with van der Waals surface area (Å²) in [4.78, 5) is 27.0. The average molecular weight is 263 g/mol. The first kappa shape index (κ1) is 12.1. The Morgan fingerprint density at radius 3 is 2.68 bits per heavy atom. The summed E-state index contributed by atoms with van der Waals surface area (Å²) in [6, 6.07) is 4.08. The fourth-order valence-electron chi connectivity index (χ4n) is 2.63. The Bertz CT molecular complexity index is 729. The summed E-state index contributed by atoms with van der Waals surface area (Å²) in [5.74, 6) is -0.596. The molecule has 1 saturated heterocycles. The minimum absolute atomic E-state index is 0.0411. The number of aromatic nitrogens is 2. The van der Waals surface area contributed by atoms with E-state index in [0.717, 1.165) is 17.7 Å². The monoisotopic (exact) mass is 263 g/mol. The molecule has 1 aliphatic rings. The predicted molar refractivity (Wildman–Crippen MR) is 69.9 cm³/mol. The van der Waals surface area contributed by atoms with Gasteiger partial charge in [0, 0.05) is 6.04 Å². The molecule has 1 aromatic heterocycles. The Balaban J connectivity index is 2.27. The van der Waals surface area contributed by atoms with Gasteiger partial charge in [0.25, 0.3) is 5.56 Å². The van der Waals surface area contributed by atoms with Gasteiger partial charge in [0.1, 0.15) is 5.82 Å². The van der Waals surface area contributed by atoms with E-state index < -0.39 is 17.1 Å². The first-order valence-corrected chi connectivity index (χ1v) is 6.32. The van der Waals surface area contributed by atoms with Crippen LogP contribution >= 0.6 is 0 Å². The SMILES string of the molecule is O=c1[nH]c2cccc(F)c2c(=O)n1C1CCNCC1. The lowest BCUT2D eigenvalue weighted by molar-refractivity contribution is 0.352. The van der Waals surface area contributed by atoms with Gasteiger partial charge in [0.2, 0.25) is 0 Å². The van der Waals surface area contributed by atoms with Gasteiger partial charge in [-0.05, 0) is 38.1 Å². The van der Waals surface area contributed by atoms with Crippen LogP contribution in [0.5, 0.6) is 0 Å². The first-order chi connectivity index (χ1) is 9.18. The van der Waals surface area contributed by atoms with Gasteiger partial charge in [0.15, 0.2) is 0 Å². The molecule has 6 heteroatoms. The van der Waals surface area contributed by atoms with E-state index in [9.17, 15) is 14.0 Å². The lowest BCUT2D eigenvalue weighted by Crippen LogP contribution is -2.42. The highest BCUT2D eigenvalue weighted by molar-refractivity contribution is 5.77. The number of piperidine rings is 1. The molecule has 2 N–H and O–H groups in total. The van der Waals surface area contributed by atoms with E-state index in [2.05, 4.69) is 10.3 Å². The number of nitrogens with zero attached hydrogens (tertiary/aromatic N) is 1. The molecular formula is C13H14FN3O2. The Morgan fingerprint density at radius 2 is 1.95 bits per heavy atom. The Labute approximate surface area is 108 Å². The van der Waals surface area contributed by atoms with Crippen LogP contribution in [0.2, 0.25) is 0 Å². The maximum atomic E-state index is 13.8. The molecular weight excluding hydrogens is 249 g/mol. The average Bonchev–Trinajstić information content (AvgIpc) is 2.39. The first-order valence-electron chi connectivity index (χ1n) is 6.32. The highest BCUT2D eigenvalue weighted by atomic mass is 19.1. The third-order valence-corrected chi connectivity index (χ3v) is 3.58. The third-order valence-electron chi connectivity index (χ3n) is 3.58. The molecule has 2 heterocycles. The van der Waals surface area contributed by atoms with Crippen molar-refractivity contribution >= 4 is 10.9 Å². The molecule has 5 nitrogen and oxygen atoms in total. The lowest BCUT2D eigenvalue weighted by atomic mass is 10.1. The van der Waals surface area contributed by atoms with Crippen LogP contribution in [0.1, 0.15) is 18.9 Å². The summed E-state index contributed by atoms with van der Waals surface area (Å²) in [6.45, 7) is 1.51. The molecule has 1 aromatic carbocycles. The van der Waals surface area contributed by atoms with Gasteiger partial charge in [-0.3, -0.25) is 9.36 Å². The molecule has 1 fully saturated rings. The molecule has 100 valence electrons. The summed E-state index contributed by atoms with van der Waals surface area (Å²) >= 11 is 0. The zero-order valence-electron chi connectivity index (χ0n) is 10.3. The molecule has 0 saturated carbocycles. The maximum absolute atomic E-state index is 13.8. The Morgan fingerprint density at radius 1 is 1.21 bits per heavy atom. The van der Waals surface area contributed by atoms with E-state index in [4.69, 9.17) is 0 Å². The molecule has 3 rings (SSSR count). The second-order valence-corrected chi connectivity index (χ2v) is 4.75. The molecule has 0 aliphatic carbocycles. The number of H-pyrrole nitrogens is 1. The van der Waals surface area contributed by atoms with Crippen molar-refractivity contribution in [1.82, 2.24) is 14.9 Å². The van der Waals surface area contributed by atoms with Gasteiger partial charge in [-0.15, -0.1) is 0 Å². The highest BCUT2D eigenvalue weighted by Crippen LogP contribution is 2.16. The fourth-order valence-corrected chi connectivity index (χ4v) is 2.63. The van der Waals surface area contributed by atoms with Gasteiger partial charge in [-0.2, -0.15) is 0 Å². The van der Waals surface area contributed by atoms with E-state index in [-0.39, 0.29) is 16.9 Å². The number of nitrogens with one attached hydrogen (secondary N) is 2. The minimum Gasteiger partial charge on any atom is -0.317 e. The zero-order valence-corrected chi connectivity index (χ0v) is 10.3. The number of benzene rings is 1. The number of aromatic amines is 1. The number of hydrogen-bond donors (Lipinski definition) is 2. The van der Waals surface area contributed by atoms with Crippen LogP contribution in [0.15, 0.2) is 27.8 Å². The Kier molecular flexibility index (Phi) is 2.94. The summed E-state index contributed by atoms with van der Waals surface area (Å²) in [5.41, 5.74) is -0.751. The molecule has 19 heavy (non-hydrogen) atoms. The van der Waals surface area contributed by atoms with Gasteiger partial charge in [0.05, 0.1) is 10.9 Å². The van der Waals surface area contributed by atoms with E-state index in [1.165, 1.54) is 18.2 Å². The quantitative estimate of drug-likeness (QED) is 0.798. The number of hydrogen-bond acceptors (Lipinski definition) is 3. The van der Waals surface area contributed by atoms with Crippen LogP contribution in [0.25, 0.3) is 10.9 Å². The second kappa shape index (κ2) is 4.62. The van der Waals surface area contributed by atoms with Crippen molar-refractivity contribution in [2.24, 2.45) is 0 Å². The smallest absolute Gasteiger partial charge is 0.317 e. The van der Waals surface area contributed by atoms with Crippen molar-refractivity contribution in [2.75, 3.05) is 13.1 Å². The van der Waals surface area contributed by atoms with E-state index in [1.807, 2.05) is 0 Å². The van der Waals surface area contributed by atoms with Gasteiger partial charge in [-0.1, -0.05) is 6.07 Å². The molecule has 0 radical (unpaired) electrons. The summed E-state index contributed by atoms with van der Waals surface area (Å²) in [5, 5.41) is 3.13. The van der Waals surface area contributed by atoms with Crippen LogP contribution in [-0.4, -0.2) is 22.6 Å². The fraction of sp³-hybridized carbons (Fsp3) is 0.385. The van der Waals surface area contributed by atoms with Crippen LogP contribution in [0, 0.1) is 5.82 Å². The van der Waals surface area contributed by atoms with Gasteiger partial charge < -0.3 is 10.3 Å². The zero-order chi connectivity index (χ0) is 13.4. The molecule has 2 aromatic rings. The van der Waals surface area contributed by atoms with Gasteiger partial charge >= 0.3 is 5.69 Å². The predicted octanol–water partition coefficient (Wildman–Crippen LogP) is 0.753.